The van der Waals surface area contributed by atoms with Crippen LogP contribution in [-0.4, -0.2) is 86.4 Å². The summed E-state index contributed by atoms with van der Waals surface area (Å²) >= 11 is 0. The van der Waals surface area contributed by atoms with Gasteiger partial charge < -0.3 is 20.0 Å². The summed E-state index contributed by atoms with van der Waals surface area (Å²) in [6, 6.07) is 7.40. The lowest BCUT2D eigenvalue weighted by Gasteiger charge is -2.26. The van der Waals surface area contributed by atoms with Crippen LogP contribution >= 0.6 is 0 Å². The number of ketones is 1. The highest BCUT2D eigenvalue weighted by Crippen LogP contribution is 2.40. The van der Waals surface area contributed by atoms with Crippen molar-refractivity contribution < 1.29 is 33.0 Å². The third-order valence-corrected chi connectivity index (χ3v) is 7.08. The molecule has 12 heteroatoms. The first-order chi connectivity index (χ1) is 17.4. The first-order valence-corrected chi connectivity index (χ1v) is 13.4. The van der Waals surface area contributed by atoms with Gasteiger partial charge in [0.05, 0.1) is 24.1 Å². The van der Waals surface area contributed by atoms with Crippen LogP contribution in [0.15, 0.2) is 30.3 Å². The number of nitrogens with zero attached hydrogens (tertiary/aromatic N) is 3. The van der Waals surface area contributed by atoms with E-state index in [0.717, 1.165) is 22.5 Å². The van der Waals surface area contributed by atoms with Crippen LogP contribution in [0.1, 0.15) is 58.2 Å². The number of hydrogen-bond acceptors (Lipinski definition) is 7. The quantitative estimate of drug-likeness (QED) is 0.353. The average molecular weight is 547 g/mol. The zero-order valence-corrected chi connectivity index (χ0v) is 23.4. The van der Waals surface area contributed by atoms with Crippen molar-refractivity contribution in [3.8, 4) is 5.75 Å². The summed E-state index contributed by atoms with van der Waals surface area (Å²) < 4.78 is 25.1. The summed E-state index contributed by atoms with van der Waals surface area (Å²) in [7, 11) is 0.986. The van der Waals surface area contributed by atoms with Crippen LogP contribution in [0, 0.1) is 5.41 Å². The molecule has 3 rings (SSSR count). The Kier molecular flexibility index (Phi) is 8.94. The van der Waals surface area contributed by atoms with Crippen LogP contribution in [0.2, 0.25) is 0 Å². The molecular weight excluding hydrogens is 512 g/mol. The molecular formula is C26H34N4O7S. The van der Waals surface area contributed by atoms with Crippen LogP contribution in [0.4, 0.5) is 5.69 Å². The summed E-state index contributed by atoms with van der Waals surface area (Å²) in [5, 5.41) is 28.4. The lowest BCUT2D eigenvalue weighted by molar-refractivity contribution is -0.115. The smallest absolute Gasteiger partial charge is 0.335 e. The lowest BCUT2D eigenvalue weighted by atomic mass is 9.84. The number of aromatic carboxylic acids is 1. The Morgan fingerprint density at radius 3 is 2.16 bits per heavy atom. The Balaban J connectivity index is 0.000000926. The van der Waals surface area contributed by atoms with E-state index in [2.05, 4.69) is 0 Å². The van der Waals surface area contributed by atoms with Gasteiger partial charge in [-0.2, -0.15) is 0 Å². The monoisotopic (exact) mass is 546 g/mol. The minimum Gasteiger partial charge on any atom is -0.505 e. The molecule has 0 radical (unpaired) electrons. The fourth-order valence-electron chi connectivity index (χ4n) is 3.69. The Morgan fingerprint density at radius 2 is 1.68 bits per heavy atom. The molecule has 0 bridgehead atoms. The number of anilines is 1. The lowest BCUT2D eigenvalue weighted by Crippen LogP contribution is -2.31. The zero-order valence-electron chi connectivity index (χ0n) is 22.6. The third-order valence-electron chi connectivity index (χ3n) is 5.89. The Labute approximate surface area is 222 Å². The maximum Gasteiger partial charge on any atom is 0.335 e. The third kappa shape index (κ3) is 6.88. The van der Waals surface area contributed by atoms with Crippen molar-refractivity contribution in [3.63, 3.8) is 0 Å². The van der Waals surface area contributed by atoms with E-state index in [1.54, 1.807) is 26.2 Å². The maximum atomic E-state index is 13.2. The average Bonchev–Trinajstić information content (AvgIpc) is 3.12. The van der Waals surface area contributed by atoms with Gasteiger partial charge in [-0.3, -0.25) is 19.3 Å². The standard InChI is InChI=1S/C23H27N3O6S.C3H7NO/c1-23(2,3)17-9-15(10-18(20(17)28)25(4)33(5,31)32)19(27)12-26-11-14-7-6-13(22(29)30)8-16(14)21(26)24;1-4(2)3-5/h6-10,24,28H,11-12H2,1-5H3,(H,29,30);3H,1-2H3. The molecule has 1 amide bonds. The van der Waals surface area contributed by atoms with Crippen LogP contribution in [0.3, 0.4) is 0 Å². The highest BCUT2D eigenvalue weighted by Gasteiger charge is 2.30. The molecule has 0 aliphatic carbocycles. The van der Waals surface area contributed by atoms with E-state index in [0.29, 0.717) is 11.1 Å². The first-order valence-electron chi connectivity index (χ1n) is 11.5. The molecule has 0 spiro atoms. The summed E-state index contributed by atoms with van der Waals surface area (Å²) in [5.41, 5.74) is 1.32. The van der Waals surface area contributed by atoms with Gasteiger partial charge in [-0.15, -0.1) is 0 Å². The minimum atomic E-state index is -3.69. The number of phenolic OH excluding ortho intramolecular Hbond substituents is 1. The number of hydrogen-bond donors (Lipinski definition) is 3. The van der Waals surface area contributed by atoms with E-state index >= 15 is 0 Å². The SMILES string of the molecule is CN(C)C=O.CN(c1cc(C(=O)CN2Cc3ccc(C(=O)O)cc3C2=N)cc(C(C)(C)C)c1O)S(C)(=O)=O. The number of benzene rings is 2. The highest BCUT2D eigenvalue weighted by atomic mass is 32.2. The van der Waals surface area contributed by atoms with Gasteiger partial charge in [-0.1, -0.05) is 26.8 Å². The van der Waals surface area contributed by atoms with E-state index in [-0.39, 0.29) is 47.3 Å². The number of carboxylic acid groups (broad SMARTS) is 1. The molecule has 0 saturated carbocycles. The van der Waals surface area contributed by atoms with Crippen molar-refractivity contribution in [1.29, 1.82) is 5.41 Å². The number of carbonyl (C=O) groups is 3. The number of Topliss-reactive ketones (excluding diaryl/α,β-unsaturated/α-hetero) is 1. The molecule has 2 aromatic carbocycles. The predicted molar refractivity (Wildman–Crippen MR) is 145 cm³/mol. The fraction of sp³-hybridized carbons (Fsp3) is 0.385. The highest BCUT2D eigenvalue weighted by molar-refractivity contribution is 7.92. The van der Waals surface area contributed by atoms with Crippen molar-refractivity contribution in [2.24, 2.45) is 0 Å². The second-order valence-corrected chi connectivity index (χ2v) is 12.3. The zero-order chi connectivity index (χ0) is 29.2. The van der Waals surface area contributed by atoms with Gasteiger partial charge in [0.25, 0.3) is 0 Å². The van der Waals surface area contributed by atoms with Gasteiger partial charge in [0.2, 0.25) is 16.4 Å². The van der Waals surface area contributed by atoms with Gasteiger partial charge in [0.15, 0.2) is 5.78 Å². The summed E-state index contributed by atoms with van der Waals surface area (Å²) in [6.45, 7) is 5.64. The van der Waals surface area contributed by atoms with Crippen LogP contribution < -0.4 is 4.31 Å². The van der Waals surface area contributed by atoms with Crippen LogP contribution in [-0.2, 0) is 26.8 Å². The second-order valence-electron chi connectivity index (χ2n) is 10.2. The van der Waals surface area contributed by atoms with E-state index in [1.807, 2.05) is 20.8 Å². The number of sulfonamides is 1. The van der Waals surface area contributed by atoms with E-state index in [1.165, 1.54) is 35.0 Å². The Morgan fingerprint density at radius 1 is 1.11 bits per heavy atom. The maximum absolute atomic E-state index is 13.2. The molecule has 11 nitrogen and oxygen atoms in total. The molecule has 2 aromatic rings. The Bertz CT molecular complexity index is 1380. The van der Waals surface area contributed by atoms with Crippen molar-refractivity contribution in [2.45, 2.75) is 32.7 Å². The van der Waals surface area contributed by atoms with E-state index < -0.39 is 21.4 Å². The van der Waals surface area contributed by atoms with Crippen molar-refractivity contribution in [3.05, 3.63) is 58.1 Å². The van der Waals surface area contributed by atoms with Crippen LogP contribution in [0.25, 0.3) is 0 Å². The molecule has 206 valence electrons. The van der Waals surface area contributed by atoms with Gasteiger partial charge in [0, 0.05) is 44.4 Å². The molecule has 0 saturated heterocycles. The largest absolute Gasteiger partial charge is 0.505 e. The van der Waals surface area contributed by atoms with E-state index in [4.69, 9.17) is 5.41 Å². The predicted octanol–water partition coefficient (Wildman–Crippen LogP) is 2.51. The van der Waals surface area contributed by atoms with Crippen molar-refractivity contribution >= 4 is 39.7 Å². The summed E-state index contributed by atoms with van der Waals surface area (Å²) in [4.78, 5) is 36.9. The minimum absolute atomic E-state index is 0.000778. The Hall–Kier alpha value is -3.93. The molecule has 0 atom stereocenters. The molecule has 1 aliphatic rings. The first kappa shape index (κ1) is 30.3. The molecule has 3 N–H and O–H groups in total. The number of carboxylic acids is 1. The fourth-order valence-corrected chi connectivity index (χ4v) is 4.19. The number of aromatic hydroxyl groups is 1. The number of phenols is 1. The van der Waals surface area contributed by atoms with Crippen molar-refractivity contribution in [2.75, 3.05) is 38.2 Å². The van der Waals surface area contributed by atoms with Gasteiger partial charge in [0.1, 0.15) is 11.6 Å². The van der Waals surface area contributed by atoms with Gasteiger partial charge in [-0.25, -0.2) is 13.2 Å². The number of fused-ring (bicyclic) bond motifs is 1. The van der Waals surface area contributed by atoms with E-state index in [9.17, 15) is 33.0 Å². The normalized spacial score (nSPS) is 12.8. The summed E-state index contributed by atoms with van der Waals surface area (Å²) in [6.07, 6.45) is 1.76. The molecule has 1 aliphatic heterocycles. The van der Waals surface area contributed by atoms with Crippen LogP contribution in [0.5, 0.6) is 5.75 Å². The molecule has 0 unspecified atom stereocenters. The summed E-state index contributed by atoms with van der Waals surface area (Å²) in [5.74, 6) is -1.62. The second kappa shape index (κ2) is 11.2. The number of carbonyl (C=O) groups excluding carboxylic acids is 2. The van der Waals surface area contributed by atoms with Gasteiger partial charge in [-0.05, 0) is 35.2 Å². The topological polar surface area (TPSA) is 159 Å². The number of amides is 1. The molecule has 0 fully saturated rings. The number of nitrogens with one attached hydrogen (secondary N) is 1. The van der Waals surface area contributed by atoms with Gasteiger partial charge >= 0.3 is 5.97 Å². The molecule has 0 aromatic heterocycles. The number of rotatable bonds is 7. The number of amidine groups is 1. The molecule has 38 heavy (non-hydrogen) atoms. The molecule has 1 heterocycles. The van der Waals surface area contributed by atoms with Crippen molar-refractivity contribution in [1.82, 2.24) is 9.80 Å².